The number of rotatable bonds is 3. The van der Waals surface area contributed by atoms with Gasteiger partial charge in [0.05, 0.1) is 18.8 Å². The van der Waals surface area contributed by atoms with E-state index in [1.54, 1.807) is 0 Å². The fourth-order valence-corrected chi connectivity index (χ4v) is 3.00. The van der Waals surface area contributed by atoms with Crippen molar-refractivity contribution in [1.82, 2.24) is 9.88 Å². The summed E-state index contributed by atoms with van der Waals surface area (Å²) in [5, 5.41) is 2.71. The average molecular weight is 300 g/mol. The van der Waals surface area contributed by atoms with Crippen molar-refractivity contribution in [2.24, 2.45) is 4.99 Å². The summed E-state index contributed by atoms with van der Waals surface area (Å²) >= 11 is 5.33. The summed E-state index contributed by atoms with van der Waals surface area (Å²) in [5.74, 6) is 0. The number of amidine groups is 1. The van der Waals surface area contributed by atoms with Crippen LogP contribution in [0.5, 0.6) is 0 Å². The molecule has 1 aliphatic heterocycles. The van der Waals surface area contributed by atoms with Gasteiger partial charge < -0.3 is 4.90 Å². The normalized spacial score (nSPS) is 19.6. The van der Waals surface area contributed by atoms with E-state index in [-0.39, 0.29) is 0 Å². The standard InChI is InChI=1S/C11H14BrN3S/c1-15(8-9-4-2-3-5-13-9)11-14-7-10(6-12)16-11/h2-5,10H,6-8H2,1H3. The molecule has 0 radical (unpaired) electrons. The molecule has 1 aliphatic rings. The van der Waals surface area contributed by atoms with E-state index in [1.165, 1.54) is 0 Å². The number of alkyl halides is 1. The van der Waals surface area contributed by atoms with Crippen LogP contribution in [0.1, 0.15) is 5.69 Å². The third kappa shape index (κ3) is 2.98. The molecule has 1 unspecified atom stereocenters. The van der Waals surface area contributed by atoms with Gasteiger partial charge >= 0.3 is 0 Å². The highest BCUT2D eigenvalue weighted by Crippen LogP contribution is 2.24. The van der Waals surface area contributed by atoms with Gasteiger partial charge in [0.15, 0.2) is 5.17 Å². The summed E-state index contributed by atoms with van der Waals surface area (Å²) in [6.45, 7) is 1.74. The van der Waals surface area contributed by atoms with Crippen LogP contribution >= 0.6 is 27.7 Å². The molecule has 3 nitrogen and oxygen atoms in total. The van der Waals surface area contributed by atoms with E-state index in [0.29, 0.717) is 5.25 Å². The number of aliphatic imine (C=N–C) groups is 1. The molecule has 1 aromatic rings. The monoisotopic (exact) mass is 299 g/mol. The average Bonchev–Trinajstić information content (AvgIpc) is 2.79. The van der Waals surface area contributed by atoms with Crippen LogP contribution in [0, 0.1) is 0 Å². The minimum absolute atomic E-state index is 0.584. The highest BCUT2D eigenvalue weighted by Gasteiger charge is 2.21. The molecular weight excluding hydrogens is 286 g/mol. The van der Waals surface area contributed by atoms with Gasteiger partial charge in [-0.3, -0.25) is 9.98 Å². The Morgan fingerprint density at radius 1 is 1.56 bits per heavy atom. The molecule has 1 atom stereocenters. The second-order valence-corrected chi connectivity index (χ2v) is 5.61. The van der Waals surface area contributed by atoms with Crippen LogP contribution in [0.4, 0.5) is 0 Å². The fourth-order valence-electron chi connectivity index (χ4n) is 1.50. The van der Waals surface area contributed by atoms with E-state index in [2.05, 4.69) is 37.9 Å². The number of nitrogens with zero attached hydrogens (tertiary/aromatic N) is 3. The Hall–Kier alpha value is -0.550. The Kier molecular flexibility index (Phi) is 4.23. The van der Waals surface area contributed by atoms with Crippen LogP contribution in [-0.2, 0) is 6.54 Å². The van der Waals surface area contributed by atoms with Crippen LogP contribution in [0.25, 0.3) is 0 Å². The summed E-state index contributed by atoms with van der Waals surface area (Å²) in [5.41, 5.74) is 1.08. The van der Waals surface area contributed by atoms with Gasteiger partial charge in [0, 0.05) is 23.8 Å². The lowest BCUT2D eigenvalue weighted by atomic mass is 10.3. The molecule has 0 fully saturated rings. The molecule has 0 bridgehead atoms. The van der Waals surface area contributed by atoms with Crippen LogP contribution in [0.3, 0.4) is 0 Å². The maximum Gasteiger partial charge on any atom is 0.159 e. The maximum absolute atomic E-state index is 4.53. The highest BCUT2D eigenvalue weighted by atomic mass is 79.9. The summed E-state index contributed by atoms with van der Waals surface area (Å²) in [4.78, 5) is 11.0. The van der Waals surface area contributed by atoms with Gasteiger partial charge in [-0.25, -0.2) is 0 Å². The molecule has 86 valence electrons. The maximum atomic E-state index is 4.53. The van der Waals surface area contributed by atoms with Crippen LogP contribution in [0.15, 0.2) is 29.4 Å². The number of aromatic nitrogens is 1. The van der Waals surface area contributed by atoms with Gasteiger partial charge in [-0.2, -0.15) is 0 Å². The largest absolute Gasteiger partial charge is 0.349 e. The number of halogens is 1. The van der Waals surface area contributed by atoms with Crippen LogP contribution in [-0.4, -0.2) is 39.2 Å². The Bertz CT molecular complexity index is 369. The molecule has 0 saturated carbocycles. The van der Waals surface area contributed by atoms with Gasteiger partial charge in [-0.15, -0.1) is 0 Å². The number of hydrogen-bond acceptors (Lipinski definition) is 4. The molecular formula is C11H14BrN3S. The Morgan fingerprint density at radius 2 is 2.44 bits per heavy atom. The Labute approximate surface area is 108 Å². The van der Waals surface area contributed by atoms with Crippen LogP contribution in [0.2, 0.25) is 0 Å². The quantitative estimate of drug-likeness (QED) is 0.802. The lowest BCUT2D eigenvalue weighted by Crippen LogP contribution is -2.23. The molecule has 5 heteroatoms. The van der Waals surface area contributed by atoms with Gasteiger partial charge in [-0.1, -0.05) is 33.8 Å². The van der Waals surface area contributed by atoms with Crippen molar-refractivity contribution in [2.75, 3.05) is 18.9 Å². The molecule has 0 aromatic carbocycles. The van der Waals surface area contributed by atoms with Gasteiger partial charge in [0.1, 0.15) is 0 Å². The lowest BCUT2D eigenvalue weighted by molar-refractivity contribution is 0.502. The van der Waals surface area contributed by atoms with Crippen molar-refractivity contribution in [1.29, 1.82) is 0 Å². The first-order chi connectivity index (χ1) is 7.79. The smallest absolute Gasteiger partial charge is 0.159 e. The third-order valence-corrected chi connectivity index (χ3v) is 4.84. The molecule has 0 saturated heterocycles. The molecule has 0 spiro atoms. The van der Waals surface area contributed by atoms with E-state index in [0.717, 1.165) is 29.3 Å². The van der Waals surface area contributed by atoms with E-state index >= 15 is 0 Å². The second kappa shape index (κ2) is 5.68. The second-order valence-electron chi connectivity index (χ2n) is 3.69. The van der Waals surface area contributed by atoms with Crippen molar-refractivity contribution >= 4 is 32.9 Å². The van der Waals surface area contributed by atoms with Crippen LogP contribution < -0.4 is 0 Å². The van der Waals surface area contributed by atoms with E-state index in [9.17, 15) is 0 Å². The zero-order valence-electron chi connectivity index (χ0n) is 9.14. The van der Waals surface area contributed by atoms with Gasteiger partial charge in [0.2, 0.25) is 0 Å². The fraction of sp³-hybridized carbons (Fsp3) is 0.455. The minimum Gasteiger partial charge on any atom is -0.349 e. The minimum atomic E-state index is 0.584. The molecule has 2 heterocycles. The van der Waals surface area contributed by atoms with Crippen molar-refractivity contribution in [3.8, 4) is 0 Å². The van der Waals surface area contributed by atoms with E-state index < -0.39 is 0 Å². The van der Waals surface area contributed by atoms with Crippen molar-refractivity contribution < 1.29 is 0 Å². The molecule has 0 N–H and O–H groups in total. The number of thioether (sulfide) groups is 1. The summed E-state index contributed by atoms with van der Waals surface area (Å²) in [6, 6.07) is 5.99. The lowest BCUT2D eigenvalue weighted by Gasteiger charge is -2.18. The Balaban J connectivity index is 1.92. The molecule has 0 aliphatic carbocycles. The first-order valence-electron chi connectivity index (χ1n) is 5.17. The molecule has 2 rings (SSSR count). The summed E-state index contributed by atoms with van der Waals surface area (Å²) in [7, 11) is 2.07. The van der Waals surface area contributed by atoms with Gasteiger partial charge in [0.25, 0.3) is 0 Å². The summed E-state index contributed by atoms with van der Waals surface area (Å²) < 4.78 is 0. The topological polar surface area (TPSA) is 28.5 Å². The first-order valence-corrected chi connectivity index (χ1v) is 7.18. The SMILES string of the molecule is CN(Cc1ccccn1)C1=NCC(CBr)S1. The zero-order chi connectivity index (χ0) is 11.4. The van der Waals surface area contributed by atoms with Crippen molar-refractivity contribution in [3.05, 3.63) is 30.1 Å². The predicted octanol–water partition coefficient (Wildman–Crippen LogP) is 2.38. The van der Waals surface area contributed by atoms with E-state index in [1.807, 2.05) is 36.2 Å². The Morgan fingerprint density at radius 3 is 3.06 bits per heavy atom. The number of pyridine rings is 1. The van der Waals surface area contributed by atoms with Crippen molar-refractivity contribution in [2.45, 2.75) is 11.8 Å². The first kappa shape index (κ1) is 11.9. The zero-order valence-corrected chi connectivity index (χ0v) is 11.5. The molecule has 0 amide bonds. The summed E-state index contributed by atoms with van der Waals surface area (Å²) in [6.07, 6.45) is 1.83. The third-order valence-electron chi connectivity index (χ3n) is 2.33. The van der Waals surface area contributed by atoms with Crippen molar-refractivity contribution in [3.63, 3.8) is 0 Å². The van der Waals surface area contributed by atoms with E-state index in [4.69, 9.17) is 0 Å². The predicted molar refractivity (Wildman–Crippen MR) is 73.2 cm³/mol. The number of hydrogen-bond donors (Lipinski definition) is 0. The molecule has 16 heavy (non-hydrogen) atoms. The van der Waals surface area contributed by atoms with Gasteiger partial charge in [-0.05, 0) is 12.1 Å². The highest BCUT2D eigenvalue weighted by molar-refractivity contribution is 9.09. The molecule has 1 aromatic heterocycles.